The van der Waals surface area contributed by atoms with Crippen molar-refractivity contribution in [1.82, 2.24) is 5.16 Å². The van der Waals surface area contributed by atoms with E-state index in [2.05, 4.69) is 5.16 Å². The van der Waals surface area contributed by atoms with E-state index in [0.717, 1.165) is 29.7 Å². The van der Waals surface area contributed by atoms with Crippen molar-refractivity contribution in [2.24, 2.45) is 0 Å². The predicted molar refractivity (Wildman–Crippen MR) is 156 cm³/mol. The number of carboxylic acids is 1. The summed E-state index contributed by atoms with van der Waals surface area (Å²) in [6, 6.07) is 15.3. The molecular formula is C31H26Cl3NO6. The van der Waals surface area contributed by atoms with Gasteiger partial charge in [0.1, 0.15) is 29.6 Å². The highest BCUT2D eigenvalue weighted by atomic mass is 35.5. The van der Waals surface area contributed by atoms with Crippen LogP contribution in [0, 0.1) is 0 Å². The van der Waals surface area contributed by atoms with Gasteiger partial charge in [0.05, 0.1) is 38.9 Å². The Labute approximate surface area is 251 Å². The topological polar surface area (TPSA) is 102 Å². The summed E-state index contributed by atoms with van der Waals surface area (Å²) in [5.74, 6) is 1.08. The molecule has 1 aromatic heterocycles. The fourth-order valence-corrected chi connectivity index (χ4v) is 6.47. The number of hydrogen-bond acceptors (Lipinski definition) is 6. The summed E-state index contributed by atoms with van der Waals surface area (Å²) in [6.45, 7) is 0.175. The molecule has 4 aromatic rings. The van der Waals surface area contributed by atoms with E-state index in [0.29, 0.717) is 56.2 Å². The van der Waals surface area contributed by atoms with E-state index < -0.39 is 11.6 Å². The number of aliphatic hydroxyl groups is 1. The molecule has 7 nitrogen and oxygen atoms in total. The minimum Gasteiger partial charge on any atom is -0.496 e. The van der Waals surface area contributed by atoms with Crippen molar-refractivity contribution in [2.45, 2.75) is 49.7 Å². The number of carboxylic acid groups (broad SMARTS) is 1. The Morgan fingerprint density at radius 2 is 1.76 bits per heavy atom. The third kappa shape index (κ3) is 5.28. The van der Waals surface area contributed by atoms with E-state index in [4.69, 9.17) is 48.8 Å². The molecule has 2 aliphatic carbocycles. The third-order valence-electron chi connectivity index (χ3n) is 7.88. The Morgan fingerprint density at radius 1 is 1.02 bits per heavy atom. The Bertz CT molecular complexity index is 1620. The number of aromatic carboxylic acids is 1. The second kappa shape index (κ2) is 10.9. The van der Waals surface area contributed by atoms with Crippen LogP contribution >= 0.6 is 34.8 Å². The number of benzene rings is 3. The number of hydrogen-bond donors (Lipinski definition) is 2. The van der Waals surface area contributed by atoms with Crippen LogP contribution in [0.25, 0.3) is 11.3 Å². The van der Waals surface area contributed by atoms with Crippen LogP contribution in [0.15, 0.2) is 59.1 Å². The molecule has 0 amide bonds. The number of methoxy groups -OCH3 is 1. The number of aromatic nitrogens is 1. The van der Waals surface area contributed by atoms with Gasteiger partial charge in [-0.15, -0.1) is 0 Å². The van der Waals surface area contributed by atoms with Crippen molar-refractivity contribution in [3.63, 3.8) is 0 Å². The maximum Gasteiger partial charge on any atom is 0.335 e. The summed E-state index contributed by atoms with van der Waals surface area (Å²) in [4.78, 5) is 11.5. The first kappa shape index (κ1) is 27.9. The maximum atomic E-state index is 11.5. The van der Waals surface area contributed by atoms with Crippen molar-refractivity contribution < 1.29 is 29.0 Å². The number of rotatable bonds is 9. The molecule has 2 N–H and O–H groups in total. The smallest absolute Gasteiger partial charge is 0.335 e. The molecule has 10 heteroatoms. The number of carbonyl (C=O) groups is 1. The molecule has 0 aliphatic heterocycles. The largest absolute Gasteiger partial charge is 0.496 e. The molecule has 0 radical (unpaired) electrons. The summed E-state index contributed by atoms with van der Waals surface area (Å²) < 4.78 is 17.3. The highest BCUT2D eigenvalue weighted by molar-refractivity contribution is 6.39. The summed E-state index contributed by atoms with van der Waals surface area (Å²) in [7, 11) is 1.54. The first-order chi connectivity index (χ1) is 19.7. The quantitative estimate of drug-likeness (QED) is 0.196. The van der Waals surface area contributed by atoms with E-state index in [1.54, 1.807) is 55.6 Å². The standard InChI is InChI=1S/C31H26Cl3NO6/c1-39-26-10-7-17(30(36)37)11-20(26)18-13-31(38,14-18)22-9-8-19(12-25(22)34)40-15-21-28(35-41-29(21)16-5-6-16)27-23(32)3-2-4-24(27)33/h2-4,7-12,16,18,38H,5-6,13-15H2,1H3,(H,36,37)/t18-,31-. The maximum absolute atomic E-state index is 11.5. The number of nitrogens with zero attached hydrogens (tertiary/aromatic N) is 1. The fourth-order valence-electron chi connectivity index (χ4n) is 5.55. The van der Waals surface area contributed by atoms with Crippen molar-refractivity contribution in [3.05, 3.63) is 97.7 Å². The SMILES string of the molecule is COc1ccc(C(=O)O)cc1[C@H]1C[C@@](O)(c2ccc(OCc3c(-c4c(Cl)cccc4Cl)noc3C3CC3)cc2Cl)C1. The zero-order chi connectivity index (χ0) is 28.9. The van der Waals surface area contributed by atoms with Gasteiger partial charge in [0.25, 0.3) is 0 Å². The van der Waals surface area contributed by atoms with Crippen molar-refractivity contribution in [3.8, 4) is 22.8 Å². The Hall–Kier alpha value is -3.23. The van der Waals surface area contributed by atoms with E-state index in [1.807, 2.05) is 0 Å². The summed E-state index contributed by atoms with van der Waals surface area (Å²) in [5, 5.41) is 26.4. The summed E-state index contributed by atoms with van der Waals surface area (Å²) >= 11 is 19.6. The first-order valence-corrected chi connectivity index (χ1v) is 14.3. The minimum atomic E-state index is -1.16. The molecule has 2 aliphatic rings. The highest BCUT2D eigenvalue weighted by Gasteiger charge is 2.46. The minimum absolute atomic E-state index is 0.0780. The first-order valence-electron chi connectivity index (χ1n) is 13.2. The van der Waals surface area contributed by atoms with Crippen molar-refractivity contribution in [1.29, 1.82) is 0 Å². The van der Waals surface area contributed by atoms with Gasteiger partial charge < -0.3 is 24.2 Å². The van der Waals surface area contributed by atoms with Crippen molar-refractivity contribution >= 4 is 40.8 Å². The summed E-state index contributed by atoms with van der Waals surface area (Å²) in [6.07, 6.45) is 2.79. The molecule has 2 fully saturated rings. The Kier molecular flexibility index (Phi) is 7.41. The summed E-state index contributed by atoms with van der Waals surface area (Å²) in [5.41, 5.74) is 2.31. The van der Waals surface area contributed by atoms with Gasteiger partial charge in [-0.1, -0.05) is 52.1 Å². The van der Waals surface area contributed by atoms with E-state index >= 15 is 0 Å². The second-order valence-corrected chi connectivity index (χ2v) is 11.8. The van der Waals surface area contributed by atoms with Crippen LogP contribution in [0.2, 0.25) is 15.1 Å². The lowest BCUT2D eigenvalue weighted by atomic mass is 9.64. The number of ether oxygens (including phenoxy) is 2. The third-order valence-corrected chi connectivity index (χ3v) is 8.82. The van der Waals surface area contributed by atoms with E-state index in [-0.39, 0.29) is 24.0 Å². The average molecular weight is 615 g/mol. The molecule has 0 spiro atoms. The van der Waals surface area contributed by atoms with Gasteiger partial charge >= 0.3 is 5.97 Å². The van der Waals surface area contributed by atoms with Crippen molar-refractivity contribution in [2.75, 3.05) is 7.11 Å². The van der Waals surface area contributed by atoms with Gasteiger partial charge in [-0.2, -0.15) is 0 Å². The van der Waals surface area contributed by atoms with Gasteiger partial charge in [0, 0.05) is 17.0 Å². The Balaban J connectivity index is 1.20. The van der Waals surface area contributed by atoms with Gasteiger partial charge in [0.2, 0.25) is 0 Å². The van der Waals surface area contributed by atoms with Crippen LogP contribution in [-0.2, 0) is 12.2 Å². The van der Waals surface area contributed by atoms with Crippen LogP contribution in [-0.4, -0.2) is 28.4 Å². The van der Waals surface area contributed by atoms with E-state index in [1.165, 1.54) is 6.07 Å². The van der Waals surface area contributed by atoms with Gasteiger partial charge in [-0.25, -0.2) is 4.79 Å². The molecule has 0 atom stereocenters. The van der Waals surface area contributed by atoms with Crippen LogP contribution in [0.1, 0.15) is 70.3 Å². The lowest BCUT2D eigenvalue weighted by molar-refractivity contribution is -0.0553. The monoisotopic (exact) mass is 613 g/mol. The van der Waals surface area contributed by atoms with Crippen LogP contribution < -0.4 is 9.47 Å². The highest BCUT2D eigenvalue weighted by Crippen LogP contribution is 2.54. The zero-order valence-corrected chi connectivity index (χ0v) is 24.3. The zero-order valence-electron chi connectivity index (χ0n) is 22.0. The molecule has 0 bridgehead atoms. The Morgan fingerprint density at radius 3 is 2.39 bits per heavy atom. The van der Waals surface area contributed by atoms with Crippen LogP contribution in [0.5, 0.6) is 11.5 Å². The molecule has 2 saturated carbocycles. The van der Waals surface area contributed by atoms with Gasteiger partial charge in [-0.05, 0) is 79.6 Å². The fraction of sp³-hybridized carbons (Fsp3) is 0.290. The van der Waals surface area contributed by atoms with Crippen LogP contribution in [0.4, 0.5) is 0 Å². The lowest BCUT2D eigenvalue weighted by Crippen LogP contribution is -2.40. The molecule has 0 unspecified atom stereocenters. The molecule has 0 saturated heterocycles. The van der Waals surface area contributed by atoms with E-state index in [9.17, 15) is 15.0 Å². The normalized spacial score (nSPS) is 20.0. The molecular weight excluding hydrogens is 589 g/mol. The second-order valence-electron chi connectivity index (χ2n) is 10.6. The molecule has 3 aromatic carbocycles. The van der Waals surface area contributed by atoms with Gasteiger partial charge in [-0.3, -0.25) is 0 Å². The number of halogens is 3. The lowest BCUT2D eigenvalue weighted by Gasteiger charge is -2.45. The molecule has 212 valence electrons. The predicted octanol–water partition coefficient (Wildman–Crippen LogP) is 8.23. The molecule has 1 heterocycles. The molecule has 41 heavy (non-hydrogen) atoms. The average Bonchev–Trinajstić information content (AvgIpc) is 3.69. The van der Waals surface area contributed by atoms with Gasteiger partial charge in [0.15, 0.2) is 0 Å². The molecule has 6 rings (SSSR count). The van der Waals surface area contributed by atoms with Crippen LogP contribution in [0.3, 0.4) is 0 Å².